The molecule has 0 spiro atoms. The fourth-order valence-electron chi connectivity index (χ4n) is 0.857. The maximum absolute atomic E-state index is 3.85. The lowest BCUT2D eigenvalue weighted by molar-refractivity contribution is 1.16. The minimum Gasteiger partial charge on any atom is -0.0992 e. The molecule has 0 heterocycles. The minimum absolute atomic E-state index is 1.12. The Labute approximate surface area is 72.0 Å². The third-order valence-electron chi connectivity index (χ3n) is 1.27. The quantitative estimate of drug-likeness (QED) is 0.455. The van der Waals surface area contributed by atoms with Crippen LogP contribution < -0.4 is 0 Å². The van der Waals surface area contributed by atoms with E-state index in [1.165, 1.54) is 11.1 Å². The van der Waals surface area contributed by atoms with Gasteiger partial charge in [0.05, 0.1) is 0 Å². The molecule has 1 aliphatic carbocycles. The first kappa shape index (κ1) is 13.1. The van der Waals surface area contributed by atoms with E-state index in [1.54, 1.807) is 0 Å². The lowest BCUT2D eigenvalue weighted by Gasteiger charge is -1.86. The van der Waals surface area contributed by atoms with Crippen LogP contribution in [0.1, 0.15) is 47.5 Å². The van der Waals surface area contributed by atoms with Crippen LogP contribution >= 0.6 is 0 Å². The van der Waals surface area contributed by atoms with Gasteiger partial charge < -0.3 is 0 Å². The number of hydrogen-bond acceptors (Lipinski definition) is 0. The van der Waals surface area contributed by atoms with Gasteiger partial charge >= 0.3 is 0 Å². The normalized spacial score (nSPS) is 13.9. The summed E-state index contributed by atoms with van der Waals surface area (Å²) in [5.74, 6) is 0. The highest BCUT2D eigenvalue weighted by molar-refractivity contribution is 5.21. The minimum atomic E-state index is 1.12. The smallest absolute Gasteiger partial charge is 0.0111 e. The molecule has 0 aromatic heterocycles. The lowest BCUT2D eigenvalue weighted by Crippen LogP contribution is -1.66. The number of rotatable bonds is 0. The highest BCUT2D eigenvalue weighted by Crippen LogP contribution is 2.20. The molecule has 0 heteroatoms. The first-order valence-electron chi connectivity index (χ1n) is 4.61. The fraction of sp³-hybridized carbons (Fsp3) is 0.636. The Morgan fingerprint density at radius 2 is 1.64 bits per heavy atom. The zero-order valence-corrected chi connectivity index (χ0v) is 8.70. The molecule has 0 fully saturated rings. The molecule has 1 aliphatic rings. The van der Waals surface area contributed by atoms with Crippen molar-refractivity contribution in [2.75, 3.05) is 0 Å². The maximum atomic E-state index is 3.85. The van der Waals surface area contributed by atoms with Gasteiger partial charge in [0.15, 0.2) is 0 Å². The molecule has 0 radical (unpaired) electrons. The number of allylic oxidation sites excluding steroid dienone is 3. The second-order valence-corrected chi connectivity index (χ2v) is 2.18. The Hall–Kier alpha value is -0.520. The van der Waals surface area contributed by atoms with Crippen LogP contribution in [0.3, 0.4) is 0 Å². The van der Waals surface area contributed by atoms with E-state index in [0.717, 1.165) is 12.8 Å². The van der Waals surface area contributed by atoms with Crippen LogP contribution in [0.2, 0.25) is 0 Å². The third kappa shape index (κ3) is 7.38. The van der Waals surface area contributed by atoms with Gasteiger partial charge in [-0.25, -0.2) is 0 Å². The highest BCUT2D eigenvalue weighted by atomic mass is 14.1. The summed E-state index contributed by atoms with van der Waals surface area (Å²) in [5.41, 5.74) is 2.84. The molecule has 0 unspecified atom stereocenters. The average Bonchev–Trinajstić information content (AvgIpc) is 2.43. The van der Waals surface area contributed by atoms with E-state index in [9.17, 15) is 0 Å². The Morgan fingerprint density at radius 1 is 1.18 bits per heavy atom. The SMILES string of the molecule is C=C1CC=C(C)C1.CC.CC. The van der Waals surface area contributed by atoms with E-state index in [4.69, 9.17) is 0 Å². The molecule has 1 rings (SSSR count). The van der Waals surface area contributed by atoms with Gasteiger partial charge in [-0.1, -0.05) is 51.5 Å². The van der Waals surface area contributed by atoms with Crippen LogP contribution in [0.25, 0.3) is 0 Å². The van der Waals surface area contributed by atoms with Crippen molar-refractivity contribution in [1.82, 2.24) is 0 Å². The summed E-state index contributed by atoms with van der Waals surface area (Å²) >= 11 is 0. The van der Waals surface area contributed by atoms with Crippen LogP contribution in [0.5, 0.6) is 0 Å². The van der Waals surface area contributed by atoms with Crippen LogP contribution in [0.15, 0.2) is 23.8 Å². The highest BCUT2D eigenvalue weighted by Gasteiger charge is 2.00. The Balaban J connectivity index is 0. The molecule has 0 aliphatic heterocycles. The van der Waals surface area contributed by atoms with E-state index < -0.39 is 0 Å². The van der Waals surface area contributed by atoms with Crippen molar-refractivity contribution in [3.63, 3.8) is 0 Å². The van der Waals surface area contributed by atoms with Crippen molar-refractivity contribution in [3.8, 4) is 0 Å². The van der Waals surface area contributed by atoms with E-state index in [1.807, 2.05) is 27.7 Å². The number of hydrogen-bond donors (Lipinski definition) is 0. The van der Waals surface area contributed by atoms with Crippen LogP contribution in [-0.4, -0.2) is 0 Å². The molecule has 0 nitrogen and oxygen atoms in total. The molecular formula is C11H22. The first-order valence-corrected chi connectivity index (χ1v) is 4.61. The predicted octanol–water partition coefficient (Wildman–Crippen LogP) is 4.34. The molecule has 0 amide bonds. The van der Waals surface area contributed by atoms with Gasteiger partial charge in [-0.2, -0.15) is 0 Å². The molecule has 0 saturated carbocycles. The summed E-state index contributed by atoms with van der Waals surface area (Å²) < 4.78 is 0. The topological polar surface area (TPSA) is 0 Å². The lowest BCUT2D eigenvalue weighted by atomic mass is 10.2. The molecule has 0 atom stereocenters. The first-order chi connectivity index (χ1) is 5.29. The van der Waals surface area contributed by atoms with Gasteiger partial charge in [-0.05, 0) is 19.8 Å². The fourth-order valence-corrected chi connectivity index (χ4v) is 0.857. The Morgan fingerprint density at radius 3 is 1.73 bits per heavy atom. The average molecular weight is 154 g/mol. The van der Waals surface area contributed by atoms with Gasteiger partial charge in [0.1, 0.15) is 0 Å². The van der Waals surface area contributed by atoms with E-state index in [-0.39, 0.29) is 0 Å². The van der Waals surface area contributed by atoms with Gasteiger partial charge in [-0.15, -0.1) is 0 Å². The van der Waals surface area contributed by atoms with Gasteiger partial charge in [0.2, 0.25) is 0 Å². The summed E-state index contributed by atoms with van der Waals surface area (Å²) in [6.07, 6.45) is 4.49. The van der Waals surface area contributed by atoms with Crippen molar-refractivity contribution in [2.45, 2.75) is 47.5 Å². The molecule has 0 aromatic carbocycles. The van der Waals surface area contributed by atoms with Crippen LogP contribution in [-0.2, 0) is 0 Å². The van der Waals surface area contributed by atoms with E-state index in [0.29, 0.717) is 0 Å². The van der Waals surface area contributed by atoms with Crippen molar-refractivity contribution < 1.29 is 0 Å². The van der Waals surface area contributed by atoms with Crippen molar-refractivity contribution in [1.29, 1.82) is 0 Å². The van der Waals surface area contributed by atoms with Gasteiger partial charge in [0, 0.05) is 0 Å². The largest absolute Gasteiger partial charge is 0.0992 e. The van der Waals surface area contributed by atoms with Crippen molar-refractivity contribution in [2.24, 2.45) is 0 Å². The van der Waals surface area contributed by atoms with E-state index >= 15 is 0 Å². The molecule has 0 bridgehead atoms. The van der Waals surface area contributed by atoms with Crippen molar-refractivity contribution in [3.05, 3.63) is 23.8 Å². The summed E-state index contributed by atoms with van der Waals surface area (Å²) in [5, 5.41) is 0. The molecular weight excluding hydrogens is 132 g/mol. The zero-order chi connectivity index (χ0) is 9.28. The van der Waals surface area contributed by atoms with Gasteiger partial charge in [-0.3, -0.25) is 0 Å². The molecule has 66 valence electrons. The second-order valence-electron chi connectivity index (χ2n) is 2.18. The predicted molar refractivity (Wildman–Crippen MR) is 54.8 cm³/mol. The van der Waals surface area contributed by atoms with Crippen LogP contribution in [0.4, 0.5) is 0 Å². The molecule has 0 N–H and O–H groups in total. The summed E-state index contributed by atoms with van der Waals surface area (Å²) in [7, 11) is 0. The van der Waals surface area contributed by atoms with Gasteiger partial charge in [0.25, 0.3) is 0 Å². The summed E-state index contributed by atoms with van der Waals surface area (Å²) in [6, 6.07) is 0. The second kappa shape index (κ2) is 9.48. The Bertz CT molecular complexity index is 118. The maximum Gasteiger partial charge on any atom is -0.0111 e. The van der Waals surface area contributed by atoms with E-state index in [2.05, 4.69) is 19.6 Å². The summed E-state index contributed by atoms with van der Waals surface area (Å²) in [6.45, 7) is 14.0. The monoisotopic (exact) mass is 154 g/mol. The molecule has 11 heavy (non-hydrogen) atoms. The summed E-state index contributed by atoms with van der Waals surface area (Å²) in [4.78, 5) is 0. The third-order valence-corrected chi connectivity index (χ3v) is 1.27. The zero-order valence-electron chi connectivity index (χ0n) is 8.70. The Kier molecular flexibility index (Phi) is 11.3. The standard InChI is InChI=1S/C7H10.2C2H6/c1-6-3-4-7(2)5-6;2*1-2/h4H,1,3,5H2,2H3;2*1-2H3. The van der Waals surface area contributed by atoms with Crippen LogP contribution in [0, 0.1) is 0 Å². The van der Waals surface area contributed by atoms with Crippen molar-refractivity contribution >= 4 is 0 Å². The molecule has 0 aromatic rings. The molecule has 0 saturated heterocycles.